The second-order valence-corrected chi connectivity index (χ2v) is 6.23. The van der Waals surface area contributed by atoms with Crippen LogP contribution in [0.25, 0.3) is 0 Å². The number of amides is 1. The van der Waals surface area contributed by atoms with E-state index < -0.39 is 12.6 Å². The van der Waals surface area contributed by atoms with E-state index in [0.717, 1.165) is 11.3 Å². The number of benzene rings is 2. The predicted molar refractivity (Wildman–Crippen MR) is 104 cm³/mol. The predicted octanol–water partition coefficient (Wildman–Crippen LogP) is 3.05. The molecule has 2 aromatic carbocycles. The molecule has 0 aliphatic carbocycles. The van der Waals surface area contributed by atoms with Crippen molar-refractivity contribution in [3.8, 4) is 17.2 Å². The van der Waals surface area contributed by atoms with Gasteiger partial charge < -0.3 is 24.6 Å². The first kappa shape index (κ1) is 21.1. The van der Waals surface area contributed by atoms with Gasteiger partial charge >= 0.3 is 5.97 Å². The highest BCUT2D eigenvalue weighted by molar-refractivity contribution is 5.94. The summed E-state index contributed by atoms with van der Waals surface area (Å²) in [5.74, 6) is -0.0416. The first-order valence-corrected chi connectivity index (χ1v) is 9.02. The zero-order valence-corrected chi connectivity index (χ0v) is 16.2. The van der Waals surface area contributed by atoms with Gasteiger partial charge in [-0.05, 0) is 51.1 Å². The third kappa shape index (κ3) is 6.50. The topological polar surface area (TPSA) is 94.1 Å². The van der Waals surface area contributed by atoms with Gasteiger partial charge in [-0.3, -0.25) is 4.79 Å². The van der Waals surface area contributed by atoms with E-state index in [9.17, 15) is 9.59 Å². The molecule has 1 unspecified atom stereocenters. The molecule has 2 N–H and O–H groups in total. The van der Waals surface area contributed by atoms with Crippen LogP contribution < -0.4 is 19.5 Å². The van der Waals surface area contributed by atoms with Crippen LogP contribution in [0, 0.1) is 6.92 Å². The lowest BCUT2D eigenvalue weighted by Gasteiger charge is -2.16. The highest BCUT2D eigenvalue weighted by Gasteiger charge is 2.14. The second-order valence-electron chi connectivity index (χ2n) is 6.23. The third-order valence-corrected chi connectivity index (χ3v) is 3.77. The Bertz CT molecular complexity index is 803. The van der Waals surface area contributed by atoms with Crippen molar-refractivity contribution in [1.29, 1.82) is 0 Å². The number of ether oxygens (including phenoxy) is 3. The van der Waals surface area contributed by atoms with Gasteiger partial charge in [-0.15, -0.1) is 0 Å². The Kier molecular flexibility index (Phi) is 7.68. The van der Waals surface area contributed by atoms with E-state index in [2.05, 4.69) is 5.32 Å². The normalized spacial score (nSPS) is 11.4. The fourth-order valence-electron chi connectivity index (χ4n) is 2.41. The van der Waals surface area contributed by atoms with Crippen LogP contribution in [-0.2, 0) is 4.79 Å². The number of carbonyl (C=O) groups excluding carboxylic acids is 1. The van der Waals surface area contributed by atoms with Gasteiger partial charge in [-0.1, -0.05) is 17.7 Å². The second kappa shape index (κ2) is 10.2. The fraction of sp³-hybridized carbons (Fsp3) is 0.333. The summed E-state index contributed by atoms with van der Waals surface area (Å²) in [5, 5.41) is 11.6. The lowest BCUT2D eigenvalue weighted by molar-refractivity contribution is -0.139. The molecule has 0 aromatic heterocycles. The van der Waals surface area contributed by atoms with Crippen LogP contribution in [0.15, 0.2) is 42.5 Å². The molecule has 0 saturated heterocycles. The minimum absolute atomic E-state index is 0.212. The van der Waals surface area contributed by atoms with Crippen molar-refractivity contribution in [3.63, 3.8) is 0 Å². The van der Waals surface area contributed by atoms with Gasteiger partial charge in [0.15, 0.2) is 18.1 Å². The molecule has 0 fully saturated rings. The molecule has 0 bridgehead atoms. The van der Waals surface area contributed by atoms with E-state index in [1.807, 2.05) is 38.1 Å². The molecule has 150 valence electrons. The lowest BCUT2D eigenvalue weighted by atomic mass is 10.2. The molecule has 0 saturated carbocycles. The minimum atomic E-state index is -1.09. The number of aryl methyl sites for hydroxylation is 1. The lowest BCUT2D eigenvalue weighted by Crippen LogP contribution is -2.33. The Hall–Kier alpha value is -3.22. The number of carbonyl (C=O) groups is 2. The molecule has 0 radical (unpaired) electrons. The van der Waals surface area contributed by atoms with Crippen LogP contribution in [0.3, 0.4) is 0 Å². The quantitative estimate of drug-likeness (QED) is 0.651. The Labute approximate surface area is 164 Å². The fourth-order valence-corrected chi connectivity index (χ4v) is 2.41. The van der Waals surface area contributed by atoms with Gasteiger partial charge in [0.25, 0.3) is 5.91 Å². The van der Waals surface area contributed by atoms with Crippen molar-refractivity contribution in [3.05, 3.63) is 53.6 Å². The van der Waals surface area contributed by atoms with Crippen LogP contribution in [0.1, 0.15) is 29.8 Å². The summed E-state index contributed by atoms with van der Waals surface area (Å²) in [6, 6.07) is 12.3. The van der Waals surface area contributed by atoms with Crippen molar-refractivity contribution in [1.82, 2.24) is 5.32 Å². The third-order valence-electron chi connectivity index (χ3n) is 3.77. The Morgan fingerprint density at radius 3 is 2.43 bits per heavy atom. The number of carboxylic acids is 1. The van der Waals surface area contributed by atoms with Crippen LogP contribution in [0.5, 0.6) is 17.2 Å². The van der Waals surface area contributed by atoms with Crippen LogP contribution in [-0.4, -0.2) is 42.8 Å². The van der Waals surface area contributed by atoms with Crippen LogP contribution >= 0.6 is 0 Å². The first-order valence-electron chi connectivity index (χ1n) is 9.02. The van der Waals surface area contributed by atoms with Gasteiger partial charge in [0.05, 0.1) is 13.2 Å². The number of nitrogens with one attached hydrogen (secondary N) is 1. The maximum atomic E-state index is 12.4. The molecule has 2 rings (SSSR count). The summed E-state index contributed by atoms with van der Waals surface area (Å²) in [6.07, 6.45) is -0.212. The summed E-state index contributed by atoms with van der Waals surface area (Å²) < 4.78 is 16.4. The Balaban J connectivity index is 1.95. The molecule has 0 aliphatic rings. The van der Waals surface area contributed by atoms with Gasteiger partial charge in [0, 0.05) is 5.56 Å². The number of hydrogen-bond acceptors (Lipinski definition) is 5. The molecule has 0 aliphatic heterocycles. The van der Waals surface area contributed by atoms with Crippen molar-refractivity contribution in [2.75, 3.05) is 19.8 Å². The molecule has 0 heterocycles. The van der Waals surface area contributed by atoms with Crippen molar-refractivity contribution < 1.29 is 28.9 Å². The van der Waals surface area contributed by atoms with E-state index >= 15 is 0 Å². The highest BCUT2D eigenvalue weighted by Crippen LogP contribution is 2.28. The van der Waals surface area contributed by atoms with E-state index in [4.69, 9.17) is 19.3 Å². The molecule has 7 nitrogen and oxygen atoms in total. The number of aliphatic carboxylic acids is 1. The number of carboxylic acid groups (broad SMARTS) is 1. The van der Waals surface area contributed by atoms with E-state index in [1.165, 1.54) is 12.1 Å². The largest absolute Gasteiger partial charge is 0.490 e. The molecule has 1 amide bonds. The summed E-state index contributed by atoms with van der Waals surface area (Å²) >= 11 is 0. The van der Waals surface area contributed by atoms with Crippen LogP contribution in [0.2, 0.25) is 0 Å². The smallest absolute Gasteiger partial charge is 0.341 e. The van der Waals surface area contributed by atoms with Crippen molar-refractivity contribution in [2.24, 2.45) is 0 Å². The minimum Gasteiger partial charge on any atom is -0.490 e. The average Bonchev–Trinajstić information content (AvgIpc) is 2.67. The first-order chi connectivity index (χ1) is 13.4. The van der Waals surface area contributed by atoms with Crippen molar-refractivity contribution in [2.45, 2.75) is 26.9 Å². The summed E-state index contributed by atoms with van der Waals surface area (Å²) in [6.45, 7) is 5.86. The molecular formula is C21H25NO6. The molecule has 0 spiro atoms. The zero-order valence-electron chi connectivity index (χ0n) is 16.2. The molecule has 1 atom stereocenters. The van der Waals surface area contributed by atoms with Gasteiger partial charge in [-0.25, -0.2) is 4.79 Å². The van der Waals surface area contributed by atoms with Gasteiger partial charge in [0.1, 0.15) is 11.9 Å². The molecule has 28 heavy (non-hydrogen) atoms. The van der Waals surface area contributed by atoms with E-state index in [-0.39, 0.29) is 17.8 Å². The molecular weight excluding hydrogens is 362 g/mol. The number of rotatable bonds is 10. The van der Waals surface area contributed by atoms with E-state index in [0.29, 0.717) is 24.5 Å². The summed E-state index contributed by atoms with van der Waals surface area (Å²) in [7, 11) is 0. The molecule has 7 heteroatoms. The Morgan fingerprint density at radius 2 is 1.79 bits per heavy atom. The van der Waals surface area contributed by atoms with Crippen molar-refractivity contribution >= 4 is 11.9 Å². The van der Waals surface area contributed by atoms with Crippen LogP contribution in [0.4, 0.5) is 0 Å². The monoisotopic (exact) mass is 387 g/mol. The number of hydrogen-bond donors (Lipinski definition) is 2. The zero-order chi connectivity index (χ0) is 20.5. The summed E-state index contributed by atoms with van der Waals surface area (Å²) in [4.78, 5) is 23.1. The Morgan fingerprint density at radius 1 is 1.07 bits per heavy atom. The van der Waals surface area contributed by atoms with E-state index in [1.54, 1.807) is 13.0 Å². The standard InChI is InChI=1S/C21H25NO6/c1-4-26-19-11-16(7-10-18(19)27-13-20(23)24)21(25)22-12-15(3)28-17-8-5-14(2)6-9-17/h5-11,15H,4,12-13H2,1-3H3,(H,22,25)(H,23,24). The van der Waals surface area contributed by atoms with Gasteiger partial charge in [-0.2, -0.15) is 0 Å². The SMILES string of the molecule is CCOc1cc(C(=O)NCC(C)Oc2ccc(C)cc2)ccc1OCC(=O)O. The maximum absolute atomic E-state index is 12.4. The maximum Gasteiger partial charge on any atom is 0.341 e. The summed E-state index contributed by atoms with van der Waals surface area (Å²) in [5.41, 5.74) is 1.53. The average molecular weight is 387 g/mol. The van der Waals surface area contributed by atoms with Gasteiger partial charge in [0.2, 0.25) is 0 Å². The molecule has 2 aromatic rings. The highest BCUT2D eigenvalue weighted by atomic mass is 16.5.